The fraction of sp³-hybridized carbons (Fsp3) is 0.471. The zero-order valence-electron chi connectivity index (χ0n) is 13.4. The van der Waals surface area contributed by atoms with Gasteiger partial charge in [-0.1, -0.05) is 12.8 Å². The van der Waals surface area contributed by atoms with Gasteiger partial charge in [-0.2, -0.15) is 0 Å². The van der Waals surface area contributed by atoms with Gasteiger partial charge in [-0.25, -0.2) is 4.39 Å². The molecule has 1 heterocycles. The number of nitrogens with zero attached hydrogens (tertiary/aromatic N) is 1. The van der Waals surface area contributed by atoms with Gasteiger partial charge in [0.05, 0.1) is 24.6 Å². The molecule has 1 aliphatic carbocycles. The molecule has 0 unspecified atom stereocenters. The first-order valence-electron chi connectivity index (χ1n) is 8.00. The number of likely N-dealkylation sites (tertiary alicyclic amines) is 1. The van der Waals surface area contributed by atoms with Crippen LogP contribution in [-0.4, -0.2) is 36.3 Å². The SMILES string of the molecule is COc1cc(F)ccc1NC(=O)CN1C(=O)[C@@H]2CCCC[C@H]2C1=O. The molecule has 7 heteroatoms. The minimum absolute atomic E-state index is 0.177. The van der Waals surface area contributed by atoms with Crippen LogP contribution in [0.2, 0.25) is 0 Å². The Kier molecular flexibility index (Phi) is 4.51. The summed E-state index contributed by atoms with van der Waals surface area (Å²) in [6.45, 7) is -0.328. The lowest BCUT2D eigenvalue weighted by Gasteiger charge is -2.19. The van der Waals surface area contributed by atoms with Crippen LogP contribution >= 0.6 is 0 Å². The molecule has 0 aromatic heterocycles. The van der Waals surface area contributed by atoms with E-state index in [0.29, 0.717) is 18.5 Å². The maximum absolute atomic E-state index is 13.2. The second-order valence-electron chi connectivity index (χ2n) is 6.15. The van der Waals surface area contributed by atoms with Crippen LogP contribution < -0.4 is 10.1 Å². The number of fused-ring (bicyclic) bond motifs is 1. The van der Waals surface area contributed by atoms with Crippen molar-refractivity contribution in [1.82, 2.24) is 4.90 Å². The summed E-state index contributed by atoms with van der Waals surface area (Å²) < 4.78 is 18.2. The van der Waals surface area contributed by atoms with Gasteiger partial charge in [0.1, 0.15) is 18.1 Å². The molecular formula is C17H19FN2O4. The topological polar surface area (TPSA) is 75.7 Å². The number of methoxy groups -OCH3 is 1. The van der Waals surface area contributed by atoms with Gasteiger partial charge in [-0.3, -0.25) is 19.3 Å². The van der Waals surface area contributed by atoms with Gasteiger partial charge in [0, 0.05) is 6.07 Å². The average Bonchev–Trinajstić information content (AvgIpc) is 2.82. The van der Waals surface area contributed by atoms with Gasteiger partial charge in [-0.15, -0.1) is 0 Å². The van der Waals surface area contributed by atoms with E-state index in [0.717, 1.165) is 23.8 Å². The van der Waals surface area contributed by atoms with Gasteiger partial charge in [0.2, 0.25) is 17.7 Å². The zero-order valence-corrected chi connectivity index (χ0v) is 13.4. The highest BCUT2D eigenvalue weighted by atomic mass is 19.1. The number of imide groups is 1. The molecule has 1 saturated heterocycles. The normalized spacial score (nSPS) is 23.2. The van der Waals surface area contributed by atoms with Crippen molar-refractivity contribution in [2.24, 2.45) is 11.8 Å². The molecule has 2 atom stereocenters. The van der Waals surface area contributed by atoms with Crippen LogP contribution in [-0.2, 0) is 14.4 Å². The highest BCUT2D eigenvalue weighted by Gasteiger charge is 2.48. The van der Waals surface area contributed by atoms with E-state index in [4.69, 9.17) is 4.74 Å². The van der Waals surface area contributed by atoms with E-state index in [9.17, 15) is 18.8 Å². The second kappa shape index (κ2) is 6.59. The molecule has 6 nitrogen and oxygen atoms in total. The summed E-state index contributed by atoms with van der Waals surface area (Å²) in [5, 5.41) is 2.56. The maximum atomic E-state index is 13.2. The third-order valence-electron chi connectivity index (χ3n) is 4.67. The standard InChI is InChI=1S/C17H19FN2O4/c1-24-14-8-10(18)6-7-13(14)19-15(21)9-20-16(22)11-4-2-3-5-12(11)17(20)23/h6-8,11-12H,2-5,9H2,1H3,(H,19,21)/t11-,12-/m1/s1. The highest BCUT2D eigenvalue weighted by Crippen LogP contribution is 2.37. The van der Waals surface area contributed by atoms with Crippen LogP contribution in [0.1, 0.15) is 25.7 Å². The molecule has 24 heavy (non-hydrogen) atoms. The van der Waals surface area contributed by atoms with E-state index in [1.54, 1.807) is 0 Å². The molecule has 0 bridgehead atoms. The summed E-state index contributed by atoms with van der Waals surface area (Å²) in [5.41, 5.74) is 0.292. The van der Waals surface area contributed by atoms with E-state index in [1.165, 1.54) is 19.2 Å². The highest BCUT2D eigenvalue weighted by molar-refractivity contribution is 6.08. The van der Waals surface area contributed by atoms with Crippen molar-refractivity contribution in [1.29, 1.82) is 0 Å². The Balaban J connectivity index is 1.69. The van der Waals surface area contributed by atoms with E-state index in [-0.39, 0.29) is 35.9 Å². The minimum atomic E-state index is -0.514. The van der Waals surface area contributed by atoms with Crippen LogP contribution in [0.3, 0.4) is 0 Å². The van der Waals surface area contributed by atoms with Gasteiger partial charge in [-0.05, 0) is 25.0 Å². The maximum Gasteiger partial charge on any atom is 0.244 e. The smallest absolute Gasteiger partial charge is 0.244 e. The number of carbonyl (C=O) groups is 3. The van der Waals surface area contributed by atoms with Crippen LogP contribution in [0.15, 0.2) is 18.2 Å². The molecule has 1 saturated carbocycles. The summed E-state index contributed by atoms with van der Waals surface area (Å²) >= 11 is 0. The van der Waals surface area contributed by atoms with Crippen LogP contribution in [0.25, 0.3) is 0 Å². The van der Waals surface area contributed by atoms with Crippen molar-refractivity contribution in [3.05, 3.63) is 24.0 Å². The van der Waals surface area contributed by atoms with Crippen molar-refractivity contribution < 1.29 is 23.5 Å². The Hall–Kier alpha value is -2.44. The number of benzene rings is 1. The van der Waals surface area contributed by atoms with E-state index in [2.05, 4.69) is 5.32 Å². The van der Waals surface area contributed by atoms with E-state index >= 15 is 0 Å². The molecular weight excluding hydrogens is 315 g/mol. The number of carbonyl (C=O) groups excluding carboxylic acids is 3. The van der Waals surface area contributed by atoms with Crippen LogP contribution in [0.4, 0.5) is 10.1 Å². The Morgan fingerprint density at radius 3 is 2.46 bits per heavy atom. The molecule has 1 aliphatic heterocycles. The minimum Gasteiger partial charge on any atom is -0.494 e. The first-order valence-corrected chi connectivity index (χ1v) is 8.00. The largest absolute Gasteiger partial charge is 0.494 e. The van der Waals surface area contributed by atoms with Gasteiger partial charge < -0.3 is 10.1 Å². The Morgan fingerprint density at radius 2 is 1.88 bits per heavy atom. The van der Waals surface area contributed by atoms with E-state index in [1.807, 2.05) is 0 Å². The average molecular weight is 334 g/mol. The number of ether oxygens (including phenoxy) is 1. The number of anilines is 1. The fourth-order valence-electron chi connectivity index (χ4n) is 3.49. The molecule has 3 amide bonds. The molecule has 2 aliphatic rings. The lowest BCUT2D eigenvalue weighted by atomic mass is 9.81. The van der Waals surface area contributed by atoms with Gasteiger partial charge >= 0.3 is 0 Å². The van der Waals surface area contributed by atoms with Crippen LogP contribution in [0.5, 0.6) is 5.75 Å². The molecule has 2 fully saturated rings. The number of hydrogen-bond acceptors (Lipinski definition) is 4. The third-order valence-corrected chi connectivity index (χ3v) is 4.67. The number of nitrogens with one attached hydrogen (secondary N) is 1. The summed E-state index contributed by atoms with van der Waals surface area (Å²) in [5.74, 6) is -1.90. The van der Waals surface area contributed by atoms with Crippen LogP contribution in [0, 0.1) is 17.7 Å². The molecule has 0 radical (unpaired) electrons. The summed E-state index contributed by atoms with van der Waals surface area (Å²) in [6.07, 6.45) is 3.29. The Bertz CT molecular complexity index is 667. The lowest BCUT2D eigenvalue weighted by molar-refractivity contribution is -0.142. The lowest BCUT2D eigenvalue weighted by Crippen LogP contribution is -2.38. The predicted molar refractivity (Wildman–Crippen MR) is 83.7 cm³/mol. The van der Waals surface area contributed by atoms with Crippen molar-refractivity contribution in [2.45, 2.75) is 25.7 Å². The molecule has 1 aromatic carbocycles. The van der Waals surface area contributed by atoms with Crippen molar-refractivity contribution in [2.75, 3.05) is 19.0 Å². The molecule has 128 valence electrons. The summed E-state index contributed by atoms with van der Waals surface area (Å²) in [6, 6.07) is 3.72. The third kappa shape index (κ3) is 2.98. The second-order valence-corrected chi connectivity index (χ2v) is 6.15. The van der Waals surface area contributed by atoms with Crippen molar-refractivity contribution in [3.8, 4) is 5.75 Å². The Labute approximate surface area is 139 Å². The predicted octanol–water partition coefficient (Wildman–Crippen LogP) is 1.95. The summed E-state index contributed by atoms with van der Waals surface area (Å²) in [4.78, 5) is 38.0. The molecule has 1 aromatic rings. The molecule has 3 rings (SSSR count). The zero-order chi connectivity index (χ0) is 17.3. The van der Waals surface area contributed by atoms with Crippen molar-refractivity contribution >= 4 is 23.4 Å². The molecule has 0 spiro atoms. The van der Waals surface area contributed by atoms with Crippen molar-refractivity contribution in [3.63, 3.8) is 0 Å². The quantitative estimate of drug-likeness (QED) is 0.854. The Morgan fingerprint density at radius 1 is 1.25 bits per heavy atom. The fourth-order valence-corrected chi connectivity index (χ4v) is 3.49. The number of rotatable bonds is 4. The number of amides is 3. The number of halogens is 1. The summed E-state index contributed by atoms with van der Waals surface area (Å²) in [7, 11) is 1.36. The number of hydrogen-bond donors (Lipinski definition) is 1. The van der Waals surface area contributed by atoms with Gasteiger partial charge in [0.15, 0.2) is 0 Å². The first-order chi connectivity index (χ1) is 11.5. The van der Waals surface area contributed by atoms with Gasteiger partial charge in [0.25, 0.3) is 0 Å². The van der Waals surface area contributed by atoms with E-state index < -0.39 is 11.7 Å². The molecule has 1 N–H and O–H groups in total. The monoisotopic (exact) mass is 334 g/mol. The first kappa shape index (κ1) is 16.4.